The van der Waals surface area contributed by atoms with Gasteiger partial charge in [-0.05, 0) is 5.56 Å². The fourth-order valence-electron chi connectivity index (χ4n) is 1.68. The van der Waals surface area contributed by atoms with Crippen LogP contribution < -0.4 is 5.73 Å². The van der Waals surface area contributed by atoms with Crippen molar-refractivity contribution >= 4 is 16.0 Å². The van der Waals surface area contributed by atoms with Gasteiger partial charge in [0.1, 0.15) is 5.69 Å². The maximum absolute atomic E-state index is 11.2. The number of aromatic nitrogens is 2. The third kappa shape index (κ3) is 2.80. The zero-order valence-electron chi connectivity index (χ0n) is 9.72. The van der Waals surface area contributed by atoms with Crippen molar-refractivity contribution in [1.29, 1.82) is 0 Å². The van der Waals surface area contributed by atoms with Crippen molar-refractivity contribution < 1.29 is 17.8 Å². The van der Waals surface area contributed by atoms with Crippen molar-refractivity contribution in [3.63, 3.8) is 0 Å². The Kier molecular flexibility index (Phi) is 3.36. The zero-order valence-corrected chi connectivity index (χ0v) is 10.5. The minimum absolute atomic E-state index is 0.0637. The molecule has 0 aliphatic heterocycles. The van der Waals surface area contributed by atoms with Gasteiger partial charge in [0.05, 0.1) is 12.7 Å². The molecule has 0 aliphatic rings. The predicted octanol–water partition coefficient (Wildman–Crippen LogP) is 0.277. The molecule has 2 rings (SSSR count). The van der Waals surface area contributed by atoms with Crippen LogP contribution in [0.5, 0.6) is 0 Å². The topological polar surface area (TPSA) is 115 Å². The Hall–Kier alpha value is -2.19. The van der Waals surface area contributed by atoms with Gasteiger partial charge in [-0.3, -0.25) is 9.35 Å². The molecule has 0 atom stereocenters. The molecule has 0 fully saturated rings. The molecule has 1 aromatic carbocycles. The minimum Gasteiger partial charge on any atom is -0.364 e. The van der Waals surface area contributed by atoms with Gasteiger partial charge in [0.25, 0.3) is 11.1 Å². The standard InChI is InChI=1S/C11H11N3O4S/c12-10(15)9-6-13-11(19(16,17)18)14(9)7-8-4-2-1-3-5-8/h1-6H,7H2,(H2,12,15)(H,16,17,18). The zero-order chi connectivity index (χ0) is 14.0. The molecule has 0 bridgehead atoms. The number of benzene rings is 1. The fourth-order valence-corrected chi connectivity index (χ4v) is 2.31. The Labute approximate surface area is 109 Å². The number of amides is 1. The Balaban J connectivity index is 2.53. The Morgan fingerprint density at radius 3 is 2.47 bits per heavy atom. The highest BCUT2D eigenvalue weighted by atomic mass is 32.2. The molecular weight excluding hydrogens is 270 g/mol. The lowest BCUT2D eigenvalue weighted by atomic mass is 10.2. The fraction of sp³-hybridized carbons (Fsp3) is 0.0909. The Bertz CT molecular complexity index is 707. The van der Waals surface area contributed by atoms with E-state index in [1.165, 1.54) is 0 Å². The molecule has 2 aromatic rings. The van der Waals surface area contributed by atoms with Crippen LogP contribution in [0.15, 0.2) is 41.7 Å². The van der Waals surface area contributed by atoms with Crippen molar-refractivity contribution in [2.24, 2.45) is 5.73 Å². The van der Waals surface area contributed by atoms with E-state index in [4.69, 9.17) is 10.3 Å². The van der Waals surface area contributed by atoms with Crippen LogP contribution in [0.2, 0.25) is 0 Å². The Morgan fingerprint density at radius 1 is 1.32 bits per heavy atom. The van der Waals surface area contributed by atoms with E-state index in [1.807, 2.05) is 0 Å². The van der Waals surface area contributed by atoms with Crippen LogP contribution in [0.3, 0.4) is 0 Å². The lowest BCUT2D eigenvalue weighted by Gasteiger charge is -2.08. The van der Waals surface area contributed by atoms with Gasteiger partial charge in [0.15, 0.2) is 0 Å². The lowest BCUT2D eigenvalue weighted by molar-refractivity contribution is 0.0991. The van der Waals surface area contributed by atoms with Crippen LogP contribution in [0.4, 0.5) is 0 Å². The maximum Gasteiger partial charge on any atom is 0.328 e. The number of primary amides is 1. The summed E-state index contributed by atoms with van der Waals surface area (Å²) in [5, 5.41) is -0.606. The molecule has 1 aromatic heterocycles. The number of carbonyl (C=O) groups excluding carboxylic acids is 1. The molecule has 0 radical (unpaired) electrons. The van der Waals surface area contributed by atoms with Gasteiger partial charge in [0, 0.05) is 0 Å². The first-order valence-electron chi connectivity index (χ1n) is 5.26. The Morgan fingerprint density at radius 2 is 1.95 bits per heavy atom. The van der Waals surface area contributed by atoms with Gasteiger partial charge in [-0.2, -0.15) is 8.42 Å². The highest BCUT2D eigenvalue weighted by Gasteiger charge is 2.23. The molecule has 1 amide bonds. The number of nitrogens with zero attached hydrogens (tertiary/aromatic N) is 2. The van der Waals surface area contributed by atoms with Crippen molar-refractivity contribution in [3.05, 3.63) is 47.8 Å². The van der Waals surface area contributed by atoms with Gasteiger partial charge in [-0.25, -0.2) is 4.98 Å². The van der Waals surface area contributed by atoms with Crippen LogP contribution >= 0.6 is 0 Å². The minimum atomic E-state index is -4.52. The molecule has 3 N–H and O–H groups in total. The first-order chi connectivity index (χ1) is 8.89. The highest BCUT2D eigenvalue weighted by molar-refractivity contribution is 7.85. The number of carbonyl (C=O) groups is 1. The van der Waals surface area contributed by atoms with Crippen LogP contribution in [0, 0.1) is 0 Å². The monoisotopic (exact) mass is 281 g/mol. The summed E-state index contributed by atoms with van der Waals surface area (Å²) in [6, 6.07) is 8.83. The molecule has 8 heteroatoms. The van der Waals surface area contributed by atoms with Gasteiger partial charge in [-0.15, -0.1) is 0 Å². The van der Waals surface area contributed by atoms with E-state index in [0.29, 0.717) is 0 Å². The average molecular weight is 281 g/mol. The van der Waals surface area contributed by atoms with Crippen LogP contribution in [0.25, 0.3) is 0 Å². The summed E-state index contributed by atoms with van der Waals surface area (Å²) in [6.07, 6.45) is 1.02. The number of imidazole rings is 1. The molecule has 0 saturated carbocycles. The summed E-state index contributed by atoms with van der Waals surface area (Å²) in [5.41, 5.74) is 5.81. The van der Waals surface area contributed by atoms with Crippen molar-refractivity contribution in [2.75, 3.05) is 0 Å². The largest absolute Gasteiger partial charge is 0.364 e. The SMILES string of the molecule is NC(=O)c1cnc(S(=O)(=O)O)n1Cc1ccccc1. The van der Waals surface area contributed by atoms with Crippen LogP contribution in [0.1, 0.15) is 16.1 Å². The molecular formula is C11H11N3O4S. The molecule has 0 aliphatic carbocycles. The maximum atomic E-state index is 11.2. The smallest absolute Gasteiger partial charge is 0.328 e. The van der Waals surface area contributed by atoms with Crippen LogP contribution in [-0.2, 0) is 16.7 Å². The number of hydrogen-bond donors (Lipinski definition) is 2. The van der Waals surface area contributed by atoms with Gasteiger partial charge in [-0.1, -0.05) is 30.3 Å². The van der Waals surface area contributed by atoms with E-state index in [2.05, 4.69) is 4.98 Å². The van der Waals surface area contributed by atoms with E-state index in [0.717, 1.165) is 16.3 Å². The number of rotatable bonds is 4. The lowest BCUT2D eigenvalue weighted by Crippen LogP contribution is -2.20. The average Bonchev–Trinajstić information content (AvgIpc) is 2.74. The first kappa shape index (κ1) is 13.2. The summed E-state index contributed by atoms with van der Waals surface area (Å²) in [4.78, 5) is 14.8. The third-order valence-corrected chi connectivity index (χ3v) is 3.27. The summed E-state index contributed by atoms with van der Waals surface area (Å²) in [5.74, 6) is -0.821. The number of hydrogen-bond acceptors (Lipinski definition) is 4. The summed E-state index contributed by atoms with van der Waals surface area (Å²) >= 11 is 0. The van der Waals surface area contributed by atoms with Gasteiger partial charge < -0.3 is 10.3 Å². The second-order valence-electron chi connectivity index (χ2n) is 3.84. The van der Waals surface area contributed by atoms with E-state index in [-0.39, 0.29) is 12.2 Å². The summed E-state index contributed by atoms with van der Waals surface area (Å²) in [6.45, 7) is 0.0637. The van der Waals surface area contributed by atoms with E-state index < -0.39 is 21.2 Å². The molecule has 7 nitrogen and oxygen atoms in total. The van der Waals surface area contributed by atoms with E-state index in [1.54, 1.807) is 30.3 Å². The van der Waals surface area contributed by atoms with E-state index in [9.17, 15) is 13.2 Å². The van der Waals surface area contributed by atoms with Crippen molar-refractivity contribution in [2.45, 2.75) is 11.7 Å². The van der Waals surface area contributed by atoms with Crippen LogP contribution in [-0.4, -0.2) is 28.4 Å². The third-order valence-electron chi connectivity index (χ3n) is 2.49. The second kappa shape index (κ2) is 4.82. The summed E-state index contributed by atoms with van der Waals surface area (Å²) < 4.78 is 32.5. The quantitative estimate of drug-likeness (QED) is 0.781. The van der Waals surface area contributed by atoms with Gasteiger partial charge in [0.2, 0.25) is 0 Å². The van der Waals surface area contributed by atoms with Crippen molar-refractivity contribution in [1.82, 2.24) is 9.55 Å². The molecule has 0 spiro atoms. The van der Waals surface area contributed by atoms with E-state index >= 15 is 0 Å². The highest BCUT2D eigenvalue weighted by Crippen LogP contribution is 2.14. The molecule has 0 saturated heterocycles. The first-order valence-corrected chi connectivity index (χ1v) is 6.70. The second-order valence-corrected chi connectivity index (χ2v) is 5.15. The van der Waals surface area contributed by atoms with Crippen molar-refractivity contribution in [3.8, 4) is 0 Å². The normalized spacial score (nSPS) is 11.4. The number of nitrogens with two attached hydrogens (primary N) is 1. The van der Waals surface area contributed by atoms with Gasteiger partial charge >= 0.3 is 10.1 Å². The molecule has 100 valence electrons. The molecule has 19 heavy (non-hydrogen) atoms. The molecule has 0 unspecified atom stereocenters. The predicted molar refractivity (Wildman–Crippen MR) is 66.1 cm³/mol. The summed E-state index contributed by atoms with van der Waals surface area (Å²) in [7, 11) is -4.52. The molecule has 1 heterocycles.